The normalized spacial score (nSPS) is 19.9. The molecular weight excluding hydrogens is 568 g/mol. The van der Waals surface area contributed by atoms with Gasteiger partial charge in [-0.1, -0.05) is 24.3 Å². The van der Waals surface area contributed by atoms with E-state index in [1.165, 1.54) is 34.6 Å². The zero-order chi connectivity index (χ0) is 28.9. The van der Waals surface area contributed by atoms with Crippen LogP contribution in [0.1, 0.15) is 27.4 Å². The molecule has 2 aliphatic rings. The number of furan rings is 1. The first-order valence-electron chi connectivity index (χ1n) is 13.0. The molecule has 4 aromatic rings. The highest BCUT2D eigenvalue weighted by Crippen LogP contribution is 2.34. The van der Waals surface area contributed by atoms with Crippen LogP contribution < -0.4 is 10.0 Å². The molecular formula is C28H26N4O7S2. The Hall–Kier alpha value is -4.07. The van der Waals surface area contributed by atoms with Crippen LogP contribution >= 0.6 is 11.3 Å². The highest BCUT2D eigenvalue weighted by atomic mass is 32.2. The van der Waals surface area contributed by atoms with Crippen LogP contribution in [-0.2, 0) is 26.0 Å². The molecule has 0 bridgehead atoms. The first kappa shape index (κ1) is 27.1. The Kier molecular flexibility index (Phi) is 6.88. The van der Waals surface area contributed by atoms with Crippen LogP contribution in [-0.4, -0.2) is 66.4 Å². The fourth-order valence-electron chi connectivity index (χ4n) is 5.71. The molecule has 212 valence electrons. The summed E-state index contributed by atoms with van der Waals surface area (Å²) in [5.41, 5.74) is 1.20. The molecule has 0 saturated carbocycles. The standard InChI is InChI=1S/C28H26N4O7S2/c1-17-20-8-2-3-9-24(20)39-26(17)27(34)29-21(14-18-6-5-13-40-18)28(35)31-12-10-22-25(31)23(33)16-32(22)41(37,38)19-7-4-11-30(36)15-19/h2-9,11,13,15,21-22,25H,10,12,14,16H2,1H3,(H,29,34). The van der Waals surface area contributed by atoms with Crippen molar-refractivity contribution in [1.82, 2.24) is 14.5 Å². The van der Waals surface area contributed by atoms with Crippen molar-refractivity contribution in [2.75, 3.05) is 13.1 Å². The second kappa shape index (κ2) is 10.4. The molecule has 2 saturated heterocycles. The molecule has 3 unspecified atom stereocenters. The van der Waals surface area contributed by atoms with Crippen LogP contribution in [0.5, 0.6) is 0 Å². The topological polar surface area (TPSA) is 144 Å². The van der Waals surface area contributed by atoms with Gasteiger partial charge < -0.3 is 19.8 Å². The number of amides is 2. The third-order valence-electron chi connectivity index (χ3n) is 7.65. The Morgan fingerprint density at radius 3 is 2.73 bits per heavy atom. The molecule has 2 aliphatic heterocycles. The van der Waals surface area contributed by atoms with Gasteiger partial charge >= 0.3 is 0 Å². The Balaban J connectivity index is 1.27. The van der Waals surface area contributed by atoms with E-state index in [9.17, 15) is 28.0 Å². The number of sulfonamides is 1. The molecule has 2 amide bonds. The maximum absolute atomic E-state index is 14.0. The minimum atomic E-state index is -4.16. The highest BCUT2D eigenvalue weighted by molar-refractivity contribution is 7.89. The van der Waals surface area contributed by atoms with Gasteiger partial charge in [0.25, 0.3) is 5.91 Å². The molecule has 1 N–H and O–H groups in total. The number of carbonyl (C=O) groups is 3. The number of para-hydroxylation sites is 1. The number of nitrogens with zero attached hydrogens (tertiary/aromatic N) is 3. The van der Waals surface area contributed by atoms with Crippen LogP contribution in [0.4, 0.5) is 0 Å². The van der Waals surface area contributed by atoms with Crippen molar-refractivity contribution in [2.24, 2.45) is 0 Å². The predicted octanol–water partition coefficient (Wildman–Crippen LogP) is 2.02. The monoisotopic (exact) mass is 594 g/mol. The van der Waals surface area contributed by atoms with Gasteiger partial charge in [0.1, 0.15) is 22.6 Å². The molecule has 5 heterocycles. The van der Waals surface area contributed by atoms with E-state index in [2.05, 4.69) is 5.32 Å². The zero-order valence-corrected chi connectivity index (χ0v) is 23.6. The lowest BCUT2D eigenvalue weighted by molar-refractivity contribution is -0.607. The fraction of sp³-hybridized carbons (Fsp3) is 0.286. The smallest absolute Gasteiger partial charge is 0.287 e. The number of likely N-dealkylation sites (tertiary alicyclic amines) is 1. The van der Waals surface area contributed by atoms with Crippen molar-refractivity contribution in [3.05, 3.63) is 87.7 Å². The van der Waals surface area contributed by atoms with Gasteiger partial charge in [0.15, 0.2) is 23.9 Å². The number of aryl methyl sites for hydroxylation is 1. The number of hydrogen-bond donors (Lipinski definition) is 1. The quantitative estimate of drug-likeness (QED) is 0.255. The summed E-state index contributed by atoms with van der Waals surface area (Å²) in [5, 5.41) is 17.2. The maximum Gasteiger partial charge on any atom is 0.287 e. The third kappa shape index (κ3) is 4.79. The Labute approximate surface area is 239 Å². The minimum Gasteiger partial charge on any atom is -0.619 e. The number of rotatable bonds is 7. The minimum absolute atomic E-state index is 0.0992. The van der Waals surface area contributed by atoms with Gasteiger partial charge in [-0.05, 0) is 36.9 Å². The number of carbonyl (C=O) groups excluding carboxylic acids is 3. The van der Waals surface area contributed by atoms with E-state index in [1.807, 2.05) is 29.6 Å². The average molecular weight is 595 g/mol. The first-order chi connectivity index (χ1) is 19.6. The van der Waals surface area contributed by atoms with E-state index in [1.54, 1.807) is 19.1 Å². The number of aromatic nitrogens is 1. The van der Waals surface area contributed by atoms with Gasteiger partial charge in [0, 0.05) is 34.9 Å². The summed E-state index contributed by atoms with van der Waals surface area (Å²) in [5.74, 6) is -1.34. The molecule has 13 heteroatoms. The van der Waals surface area contributed by atoms with Gasteiger partial charge in [-0.25, -0.2) is 8.42 Å². The predicted molar refractivity (Wildman–Crippen MR) is 148 cm³/mol. The van der Waals surface area contributed by atoms with Crippen LogP contribution in [0.15, 0.2) is 75.6 Å². The van der Waals surface area contributed by atoms with Gasteiger partial charge in [-0.15, -0.1) is 11.3 Å². The lowest BCUT2D eigenvalue weighted by Crippen LogP contribution is -2.53. The largest absolute Gasteiger partial charge is 0.619 e. The van der Waals surface area contributed by atoms with Crippen LogP contribution in [0.3, 0.4) is 0 Å². The van der Waals surface area contributed by atoms with Crippen LogP contribution in [0.2, 0.25) is 0 Å². The number of pyridine rings is 1. The first-order valence-corrected chi connectivity index (χ1v) is 15.3. The molecule has 11 nitrogen and oxygen atoms in total. The second-order valence-corrected chi connectivity index (χ2v) is 13.0. The summed E-state index contributed by atoms with van der Waals surface area (Å²) in [6.45, 7) is 1.51. The summed E-state index contributed by atoms with van der Waals surface area (Å²) >= 11 is 1.44. The average Bonchev–Trinajstić information content (AvgIpc) is 3.74. The summed E-state index contributed by atoms with van der Waals surface area (Å²) in [7, 11) is -4.16. The molecule has 3 atom stereocenters. The van der Waals surface area contributed by atoms with Gasteiger partial charge in [-0.3, -0.25) is 14.4 Å². The number of fused-ring (bicyclic) bond motifs is 2. The molecule has 2 fully saturated rings. The van der Waals surface area contributed by atoms with Crippen molar-refractivity contribution in [2.45, 2.75) is 42.8 Å². The molecule has 0 radical (unpaired) electrons. The Morgan fingerprint density at radius 1 is 1.20 bits per heavy atom. The SMILES string of the molecule is Cc1c(C(=O)NC(Cc2cccs2)C(=O)N2CCC3C2C(=O)CN3S(=O)(=O)c2ccc[n+]([O-])c2)oc2ccccc12. The van der Waals surface area contributed by atoms with E-state index in [4.69, 9.17) is 4.42 Å². The summed E-state index contributed by atoms with van der Waals surface area (Å²) < 4.78 is 34.0. The van der Waals surface area contributed by atoms with E-state index in [0.29, 0.717) is 15.9 Å². The lowest BCUT2D eigenvalue weighted by Gasteiger charge is -2.28. The van der Waals surface area contributed by atoms with E-state index < -0.39 is 52.3 Å². The lowest BCUT2D eigenvalue weighted by atomic mass is 10.1. The molecule has 1 aromatic carbocycles. The number of thiophene rings is 1. The second-order valence-electron chi connectivity index (χ2n) is 10.1. The molecule has 0 aliphatic carbocycles. The summed E-state index contributed by atoms with van der Waals surface area (Å²) in [4.78, 5) is 42.6. The molecule has 0 spiro atoms. The van der Waals surface area contributed by atoms with Gasteiger partial charge in [-0.2, -0.15) is 9.04 Å². The zero-order valence-electron chi connectivity index (χ0n) is 21.9. The fourth-order valence-corrected chi connectivity index (χ4v) is 8.09. The molecule has 6 rings (SSSR count). The summed E-state index contributed by atoms with van der Waals surface area (Å²) in [6.07, 6.45) is 2.55. The van der Waals surface area contributed by atoms with E-state index in [0.717, 1.165) is 20.8 Å². The Morgan fingerprint density at radius 2 is 2.00 bits per heavy atom. The number of nitrogens with one attached hydrogen (secondary N) is 1. The highest BCUT2D eigenvalue weighted by Gasteiger charge is 2.54. The number of benzene rings is 1. The van der Waals surface area contributed by atoms with E-state index >= 15 is 0 Å². The number of hydrogen-bond acceptors (Lipinski definition) is 8. The summed E-state index contributed by atoms with van der Waals surface area (Å²) in [6, 6.07) is 10.8. The van der Waals surface area contributed by atoms with Crippen molar-refractivity contribution < 1.29 is 31.9 Å². The van der Waals surface area contributed by atoms with Gasteiger partial charge in [0.2, 0.25) is 15.9 Å². The van der Waals surface area contributed by atoms with Crippen molar-refractivity contribution in [1.29, 1.82) is 0 Å². The van der Waals surface area contributed by atoms with Gasteiger partial charge in [0.05, 0.1) is 12.6 Å². The molecule has 3 aromatic heterocycles. The van der Waals surface area contributed by atoms with Crippen molar-refractivity contribution in [3.63, 3.8) is 0 Å². The Bertz CT molecular complexity index is 1770. The van der Waals surface area contributed by atoms with Crippen molar-refractivity contribution in [3.8, 4) is 0 Å². The van der Waals surface area contributed by atoms with Crippen molar-refractivity contribution >= 4 is 49.9 Å². The third-order valence-corrected chi connectivity index (χ3v) is 10.4. The number of ketones is 1. The maximum atomic E-state index is 14.0. The van der Waals surface area contributed by atoms with Crippen LogP contribution in [0.25, 0.3) is 11.0 Å². The number of Topliss-reactive ketones (excluding diaryl/α,β-unsaturated/α-hetero) is 1. The van der Waals surface area contributed by atoms with E-state index in [-0.39, 0.29) is 30.0 Å². The molecule has 41 heavy (non-hydrogen) atoms. The van der Waals surface area contributed by atoms with Crippen LogP contribution in [0, 0.1) is 12.1 Å².